The lowest BCUT2D eigenvalue weighted by molar-refractivity contribution is 0.103. The van der Waals surface area contributed by atoms with E-state index < -0.39 is 23.3 Å². The molecular formula is C17H14Cl2N2O3. The number of pyridine rings is 1. The quantitative estimate of drug-likeness (QED) is 0.838. The number of rotatable bonds is 3. The van der Waals surface area contributed by atoms with E-state index in [4.69, 9.17) is 23.2 Å². The molecule has 2 aromatic rings. The van der Waals surface area contributed by atoms with Gasteiger partial charge < -0.3 is 5.11 Å². The summed E-state index contributed by atoms with van der Waals surface area (Å²) in [7, 11) is 0. The smallest absolute Gasteiger partial charge is 0.271 e. The molecule has 1 N–H and O–H groups in total. The number of hydrogen-bond acceptors (Lipinski definition) is 4. The van der Waals surface area contributed by atoms with Gasteiger partial charge in [-0.25, -0.2) is 0 Å². The molecule has 0 aliphatic heterocycles. The zero-order valence-corrected chi connectivity index (χ0v) is 14.7. The predicted molar refractivity (Wildman–Crippen MR) is 92.1 cm³/mol. The van der Waals surface area contributed by atoms with Crippen LogP contribution in [0.4, 0.5) is 0 Å². The highest BCUT2D eigenvalue weighted by molar-refractivity contribution is 6.37. The lowest BCUT2D eigenvalue weighted by Gasteiger charge is -2.18. The van der Waals surface area contributed by atoms with Crippen LogP contribution in [0.2, 0.25) is 10.0 Å². The minimum absolute atomic E-state index is 0.118. The largest absolute Gasteiger partial charge is 0.494 e. The summed E-state index contributed by atoms with van der Waals surface area (Å²) in [4.78, 5) is 25.2. The molecule has 0 amide bonds. The fraction of sp³-hybridized carbons (Fsp3) is 0.235. The summed E-state index contributed by atoms with van der Waals surface area (Å²) in [5, 5.41) is 20.2. The standard InChI is InChI=1S/C17H14Cl2N2O3/c1-8(2)21-16(23)12(7-20)9(3)14(17(21)24)15(22)11-5-4-10(18)6-13(11)19/h4-6,8,24H,1-3H3. The van der Waals surface area contributed by atoms with Crippen molar-refractivity contribution in [2.24, 2.45) is 0 Å². The van der Waals surface area contributed by atoms with Crippen molar-refractivity contribution < 1.29 is 9.90 Å². The van der Waals surface area contributed by atoms with Crippen molar-refractivity contribution in [3.63, 3.8) is 0 Å². The van der Waals surface area contributed by atoms with E-state index >= 15 is 0 Å². The van der Waals surface area contributed by atoms with Crippen LogP contribution in [0.25, 0.3) is 0 Å². The van der Waals surface area contributed by atoms with Gasteiger partial charge in [0.1, 0.15) is 11.6 Å². The van der Waals surface area contributed by atoms with Crippen LogP contribution in [-0.2, 0) is 0 Å². The Morgan fingerprint density at radius 3 is 2.46 bits per heavy atom. The Morgan fingerprint density at radius 2 is 1.96 bits per heavy atom. The minimum Gasteiger partial charge on any atom is -0.494 e. The van der Waals surface area contributed by atoms with Crippen molar-refractivity contribution in [1.82, 2.24) is 4.57 Å². The molecule has 1 aromatic carbocycles. The predicted octanol–water partition coefficient (Wildman–Crippen LogP) is 3.85. The Balaban J connectivity index is 2.84. The Kier molecular flexibility index (Phi) is 5.02. The average Bonchev–Trinajstić information content (AvgIpc) is 2.46. The van der Waals surface area contributed by atoms with Gasteiger partial charge in [-0.15, -0.1) is 0 Å². The first-order chi connectivity index (χ1) is 11.2. The molecule has 0 radical (unpaired) electrons. The summed E-state index contributed by atoms with van der Waals surface area (Å²) in [5.41, 5.74) is -0.703. The molecule has 2 rings (SSSR count). The molecule has 5 nitrogen and oxygen atoms in total. The van der Waals surface area contributed by atoms with Gasteiger partial charge in [0, 0.05) is 16.6 Å². The summed E-state index contributed by atoms with van der Waals surface area (Å²) >= 11 is 11.9. The Hall–Kier alpha value is -2.29. The van der Waals surface area contributed by atoms with E-state index in [0.29, 0.717) is 5.02 Å². The highest BCUT2D eigenvalue weighted by Gasteiger charge is 2.26. The highest BCUT2D eigenvalue weighted by atomic mass is 35.5. The third-order valence-electron chi connectivity index (χ3n) is 3.67. The lowest BCUT2D eigenvalue weighted by Crippen LogP contribution is -2.28. The average molecular weight is 365 g/mol. The van der Waals surface area contributed by atoms with Gasteiger partial charge in [0.05, 0.1) is 10.6 Å². The number of benzene rings is 1. The van der Waals surface area contributed by atoms with Crippen molar-refractivity contribution in [1.29, 1.82) is 5.26 Å². The zero-order chi connectivity index (χ0) is 18.2. The van der Waals surface area contributed by atoms with Gasteiger partial charge in [0.15, 0.2) is 5.78 Å². The molecule has 24 heavy (non-hydrogen) atoms. The van der Waals surface area contributed by atoms with E-state index in [-0.39, 0.29) is 27.3 Å². The minimum atomic E-state index is -0.638. The van der Waals surface area contributed by atoms with E-state index in [1.807, 2.05) is 0 Å². The van der Waals surface area contributed by atoms with Gasteiger partial charge in [-0.3, -0.25) is 14.2 Å². The van der Waals surface area contributed by atoms with Crippen LogP contribution < -0.4 is 5.56 Å². The molecule has 0 fully saturated rings. The Bertz CT molecular complexity index is 940. The first-order valence-electron chi connectivity index (χ1n) is 7.08. The van der Waals surface area contributed by atoms with Crippen LogP contribution in [0.1, 0.15) is 46.9 Å². The van der Waals surface area contributed by atoms with E-state index in [1.165, 1.54) is 25.1 Å². The third kappa shape index (κ3) is 2.91. The zero-order valence-electron chi connectivity index (χ0n) is 13.2. The maximum absolute atomic E-state index is 12.9. The second kappa shape index (κ2) is 6.68. The molecule has 0 atom stereocenters. The van der Waals surface area contributed by atoms with Gasteiger partial charge in [-0.1, -0.05) is 23.2 Å². The van der Waals surface area contributed by atoms with Crippen molar-refractivity contribution in [2.45, 2.75) is 26.8 Å². The van der Waals surface area contributed by atoms with E-state index in [1.54, 1.807) is 19.9 Å². The van der Waals surface area contributed by atoms with Crippen LogP contribution >= 0.6 is 23.2 Å². The fourth-order valence-corrected chi connectivity index (χ4v) is 2.98. The molecule has 1 aromatic heterocycles. The molecule has 7 heteroatoms. The molecule has 0 aliphatic rings. The molecule has 0 saturated heterocycles. The van der Waals surface area contributed by atoms with Gasteiger partial charge in [0.25, 0.3) is 5.56 Å². The van der Waals surface area contributed by atoms with Gasteiger partial charge >= 0.3 is 0 Å². The van der Waals surface area contributed by atoms with Crippen molar-refractivity contribution >= 4 is 29.0 Å². The molecule has 0 spiro atoms. The second-order valence-corrected chi connectivity index (χ2v) is 6.38. The summed E-state index contributed by atoms with van der Waals surface area (Å²) < 4.78 is 1.02. The SMILES string of the molecule is Cc1c(C(=O)c2ccc(Cl)cc2Cl)c(O)n(C(C)C)c(=O)c1C#N. The molecule has 1 heterocycles. The Labute approximate surface area is 148 Å². The lowest BCUT2D eigenvalue weighted by atomic mass is 9.97. The van der Waals surface area contributed by atoms with Crippen LogP contribution in [-0.4, -0.2) is 15.5 Å². The highest BCUT2D eigenvalue weighted by Crippen LogP contribution is 2.30. The summed E-state index contributed by atoms with van der Waals surface area (Å²) in [6.07, 6.45) is 0. The number of hydrogen-bond donors (Lipinski definition) is 1. The van der Waals surface area contributed by atoms with Crippen LogP contribution in [0.5, 0.6) is 5.88 Å². The van der Waals surface area contributed by atoms with Crippen molar-refractivity contribution in [2.75, 3.05) is 0 Å². The normalized spacial score (nSPS) is 10.7. The van der Waals surface area contributed by atoms with Crippen molar-refractivity contribution in [3.05, 3.63) is 60.9 Å². The topological polar surface area (TPSA) is 83.1 Å². The van der Waals surface area contributed by atoms with Crippen molar-refractivity contribution in [3.8, 4) is 11.9 Å². The summed E-state index contributed by atoms with van der Waals surface area (Å²) in [5.74, 6) is -1.07. The first kappa shape index (κ1) is 18.1. The molecule has 124 valence electrons. The third-order valence-corrected chi connectivity index (χ3v) is 4.21. The van der Waals surface area contributed by atoms with Crippen LogP contribution in [0, 0.1) is 18.3 Å². The van der Waals surface area contributed by atoms with E-state index in [9.17, 15) is 20.0 Å². The number of ketones is 1. The van der Waals surface area contributed by atoms with E-state index in [0.717, 1.165) is 4.57 Å². The molecule has 0 saturated carbocycles. The summed E-state index contributed by atoms with van der Waals surface area (Å²) in [6.45, 7) is 4.78. The molecule has 0 aliphatic carbocycles. The van der Waals surface area contributed by atoms with Gasteiger partial charge in [-0.2, -0.15) is 5.26 Å². The number of nitrogens with zero attached hydrogens (tertiary/aromatic N) is 2. The second-order valence-electron chi connectivity index (χ2n) is 5.53. The van der Waals surface area contributed by atoms with Crippen LogP contribution in [0.15, 0.2) is 23.0 Å². The van der Waals surface area contributed by atoms with Gasteiger partial charge in [-0.05, 0) is 44.5 Å². The number of halogens is 2. The number of carbonyl (C=O) groups excluding carboxylic acids is 1. The molecule has 0 unspecified atom stereocenters. The maximum Gasteiger partial charge on any atom is 0.271 e. The Morgan fingerprint density at radius 1 is 1.33 bits per heavy atom. The monoisotopic (exact) mass is 364 g/mol. The van der Waals surface area contributed by atoms with Gasteiger partial charge in [0.2, 0.25) is 5.88 Å². The summed E-state index contributed by atoms with van der Waals surface area (Å²) in [6, 6.07) is 5.71. The van der Waals surface area contributed by atoms with Crippen LogP contribution in [0.3, 0.4) is 0 Å². The number of aromatic hydroxyl groups is 1. The molecular weight excluding hydrogens is 351 g/mol. The fourth-order valence-electron chi connectivity index (χ4n) is 2.48. The van der Waals surface area contributed by atoms with E-state index in [2.05, 4.69) is 0 Å². The number of nitriles is 1. The first-order valence-corrected chi connectivity index (χ1v) is 7.84. The molecule has 0 bridgehead atoms. The number of carbonyl (C=O) groups is 1. The maximum atomic E-state index is 12.9. The number of aromatic nitrogens is 1.